The Morgan fingerprint density at radius 2 is 1.07 bits per heavy atom. The van der Waals surface area contributed by atoms with Crippen molar-refractivity contribution >= 4 is 16.1 Å². The molecule has 0 aromatic carbocycles. The Labute approximate surface area is 172 Å². The van der Waals surface area contributed by atoms with Gasteiger partial charge in [-0.3, -0.25) is 9.35 Å². The average Bonchev–Trinajstić information content (AvgIpc) is 2.59. The van der Waals surface area contributed by atoms with Crippen molar-refractivity contribution in [3.63, 3.8) is 0 Å². The van der Waals surface area contributed by atoms with E-state index in [0.717, 1.165) is 19.3 Å². The largest absolute Gasteiger partial charge is 0.480 e. The number of nitrogens with two attached hydrogens (primary N) is 1. The highest BCUT2D eigenvalue weighted by atomic mass is 32.2. The molecule has 0 heterocycles. The number of unbranched alkanes of at least 4 members (excludes halogenated alkanes) is 15. The third-order valence-electron chi connectivity index (χ3n) is 5.34. The standard InChI is InChI=1S/C21H43NO5S/c1-2-3-4-5-6-7-8-9-10-11-12-13-14-15-16-17-18-21(22,20(23)24)19-28(25,26)27/h2-19,22H2,1H3,(H,23,24)(H,25,26,27). The van der Waals surface area contributed by atoms with Gasteiger partial charge in [-0.25, -0.2) is 0 Å². The van der Waals surface area contributed by atoms with Crippen LogP contribution in [-0.2, 0) is 14.9 Å². The van der Waals surface area contributed by atoms with Gasteiger partial charge in [0.05, 0.1) is 0 Å². The van der Waals surface area contributed by atoms with Gasteiger partial charge in [0.2, 0.25) is 0 Å². The summed E-state index contributed by atoms with van der Waals surface area (Å²) in [6.07, 6.45) is 19.5. The van der Waals surface area contributed by atoms with Crippen LogP contribution in [0.3, 0.4) is 0 Å². The zero-order valence-electron chi connectivity index (χ0n) is 17.8. The molecular weight excluding hydrogens is 378 g/mol. The lowest BCUT2D eigenvalue weighted by molar-refractivity contribution is -0.142. The summed E-state index contributed by atoms with van der Waals surface area (Å²) in [5, 5.41) is 9.12. The SMILES string of the molecule is CCCCCCCCCCCCCCCCCCC(N)(CS(=O)(=O)O)C(=O)O. The molecule has 0 aromatic heterocycles. The van der Waals surface area contributed by atoms with E-state index in [1.807, 2.05) is 0 Å². The van der Waals surface area contributed by atoms with Crippen LogP contribution in [0.5, 0.6) is 0 Å². The fraction of sp³-hybridized carbons (Fsp3) is 0.952. The van der Waals surface area contributed by atoms with Crippen LogP contribution in [-0.4, -0.2) is 35.3 Å². The second kappa shape index (κ2) is 16.2. The topological polar surface area (TPSA) is 118 Å². The van der Waals surface area contributed by atoms with Gasteiger partial charge in [0.25, 0.3) is 10.1 Å². The summed E-state index contributed by atoms with van der Waals surface area (Å²) in [4.78, 5) is 11.2. The van der Waals surface area contributed by atoms with E-state index in [-0.39, 0.29) is 6.42 Å². The van der Waals surface area contributed by atoms with Crippen LogP contribution < -0.4 is 5.73 Å². The summed E-state index contributed by atoms with van der Waals surface area (Å²) < 4.78 is 30.7. The molecule has 0 aliphatic heterocycles. The van der Waals surface area contributed by atoms with E-state index in [9.17, 15) is 13.2 Å². The Morgan fingerprint density at radius 1 is 0.750 bits per heavy atom. The molecule has 7 heteroatoms. The van der Waals surface area contributed by atoms with Crippen molar-refractivity contribution in [2.45, 2.75) is 122 Å². The molecule has 0 bridgehead atoms. The average molecular weight is 422 g/mol. The minimum Gasteiger partial charge on any atom is -0.480 e. The van der Waals surface area contributed by atoms with Crippen LogP contribution in [0.2, 0.25) is 0 Å². The highest BCUT2D eigenvalue weighted by Crippen LogP contribution is 2.18. The van der Waals surface area contributed by atoms with E-state index in [1.165, 1.54) is 77.0 Å². The first-order chi connectivity index (χ1) is 13.2. The molecule has 1 unspecified atom stereocenters. The summed E-state index contributed by atoms with van der Waals surface area (Å²) in [7, 11) is -4.40. The number of carboxylic acids is 1. The van der Waals surface area contributed by atoms with E-state index >= 15 is 0 Å². The Balaban J connectivity index is 3.51. The van der Waals surface area contributed by atoms with Gasteiger partial charge in [-0.1, -0.05) is 110 Å². The summed E-state index contributed by atoms with van der Waals surface area (Å²) in [5.41, 5.74) is 3.75. The van der Waals surface area contributed by atoms with Crippen LogP contribution in [0.4, 0.5) is 0 Å². The molecule has 0 saturated carbocycles. The molecule has 0 aromatic rings. The van der Waals surface area contributed by atoms with Crippen LogP contribution in [0.15, 0.2) is 0 Å². The molecule has 0 fully saturated rings. The van der Waals surface area contributed by atoms with E-state index in [1.54, 1.807) is 0 Å². The smallest absolute Gasteiger partial charge is 0.324 e. The lowest BCUT2D eigenvalue weighted by Gasteiger charge is -2.22. The van der Waals surface area contributed by atoms with Gasteiger partial charge in [-0.15, -0.1) is 0 Å². The molecule has 0 amide bonds. The molecule has 1 atom stereocenters. The predicted octanol–water partition coefficient (Wildman–Crippen LogP) is 5.31. The fourth-order valence-corrected chi connectivity index (χ4v) is 4.47. The van der Waals surface area contributed by atoms with Crippen molar-refractivity contribution in [3.05, 3.63) is 0 Å². The molecule has 0 saturated heterocycles. The van der Waals surface area contributed by atoms with Crippen molar-refractivity contribution in [2.24, 2.45) is 5.73 Å². The number of carbonyl (C=O) groups is 1. The normalized spacial score (nSPS) is 14.1. The lowest BCUT2D eigenvalue weighted by Crippen LogP contribution is -2.53. The van der Waals surface area contributed by atoms with Crippen LogP contribution in [0.1, 0.15) is 116 Å². The van der Waals surface area contributed by atoms with Crippen molar-refractivity contribution in [1.29, 1.82) is 0 Å². The Hall–Kier alpha value is -0.660. The maximum Gasteiger partial charge on any atom is 0.324 e. The van der Waals surface area contributed by atoms with Crippen molar-refractivity contribution in [1.82, 2.24) is 0 Å². The molecule has 0 rings (SSSR count). The molecule has 0 aliphatic carbocycles. The monoisotopic (exact) mass is 421 g/mol. The van der Waals surface area contributed by atoms with Crippen molar-refractivity contribution in [2.75, 3.05) is 5.75 Å². The molecule has 0 radical (unpaired) electrons. The van der Waals surface area contributed by atoms with E-state index < -0.39 is 27.4 Å². The Kier molecular flexibility index (Phi) is 15.8. The van der Waals surface area contributed by atoms with E-state index in [0.29, 0.717) is 6.42 Å². The maximum atomic E-state index is 11.2. The second-order valence-electron chi connectivity index (χ2n) is 8.24. The predicted molar refractivity (Wildman–Crippen MR) is 115 cm³/mol. The molecule has 28 heavy (non-hydrogen) atoms. The van der Waals surface area contributed by atoms with Crippen molar-refractivity contribution in [3.8, 4) is 0 Å². The molecule has 0 spiro atoms. The van der Waals surface area contributed by atoms with Crippen molar-refractivity contribution < 1.29 is 22.9 Å². The first-order valence-electron chi connectivity index (χ1n) is 11.2. The van der Waals surface area contributed by atoms with Crippen LogP contribution in [0.25, 0.3) is 0 Å². The lowest BCUT2D eigenvalue weighted by atomic mass is 9.95. The van der Waals surface area contributed by atoms with Crippen LogP contribution in [0, 0.1) is 0 Å². The number of rotatable bonds is 20. The van der Waals surface area contributed by atoms with Gasteiger partial charge in [0.1, 0.15) is 11.3 Å². The zero-order valence-corrected chi connectivity index (χ0v) is 18.6. The molecule has 4 N–H and O–H groups in total. The minimum absolute atomic E-state index is 0.0561. The maximum absolute atomic E-state index is 11.2. The summed E-state index contributed by atoms with van der Waals surface area (Å²) in [6, 6.07) is 0. The summed E-state index contributed by atoms with van der Waals surface area (Å²) >= 11 is 0. The van der Waals surface area contributed by atoms with Gasteiger partial charge in [-0.2, -0.15) is 8.42 Å². The van der Waals surface area contributed by atoms with Gasteiger partial charge in [0.15, 0.2) is 0 Å². The van der Waals surface area contributed by atoms with Gasteiger partial charge < -0.3 is 10.8 Å². The highest BCUT2D eigenvalue weighted by molar-refractivity contribution is 7.85. The number of hydrogen-bond acceptors (Lipinski definition) is 4. The first kappa shape index (κ1) is 27.3. The van der Waals surface area contributed by atoms with E-state index in [2.05, 4.69) is 6.92 Å². The quantitative estimate of drug-likeness (QED) is 0.181. The Bertz CT molecular complexity index is 495. The highest BCUT2D eigenvalue weighted by Gasteiger charge is 2.37. The number of hydrogen-bond donors (Lipinski definition) is 3. The fourth-order valence-electron chi connectivity index (χ4n) is 3.55. The minimum atomic E-state index is -4.40. The number of carboxylic acid groups (broad SMARTS) is 1. The second-order valence-corrected chi connectivity index (χ2v) is 9.69. The zero-order chi connectivity index (χ0) is 21.3. The van der Waals surface area contributed by atoms with Gasteiger partial charge >= 0.3 is 5.97 Å². The summed E-state index contributed by atoms with van der Waals surface area (Å²) in [6.45, 7) is 2.25. The molecule has 168 valence electrons. The first-order valence-corrected chi connectivity index (χ1v) is 12.8. The Morgan fingerprint density at radius 3 is 1.36 bits per heavy atom. The van der Waals surface area contributed by atoms with Gasteiger partial charge in [-0.05, 0) is 6.42 Å². The third kappa shape index (κ3) is 16.3. The molecule has 6 nitrogen and oxygen atoms in total. The summed E-state index contributed by atoms with van der Waals surface area (Å²) in [5.74, 6) is -2.32. The molecule has 0 aliphatic rings. The third-order valence-corrected chi connectivity index (χ3v) is 6.22. The van der Waals surface area contributed by atoms with Gasteiger partial charge in [0, 0.05) is 0 Å². The molecular formula is C21H43NO5S. The van der Waals surface area contributed by atoms with Crippen LogP contribution >= 0.6 is 0 Å². The van der Waals surface area contributed by atoms with E-state index in [4.69, 9.17) is 15.4 Å². The number of aliphatic carboxylic acids is 1.